The molecule has 41 heavy (non-hydrogen) atoms. The summed E-state index contributed by atoms with van der Waals surface area (Å²) in [6.07, 6.45) is 4.98. The zero-order chi connectivity index (χ0) is 28.1. The van der Waals surface area contributed by atoms with E-state index in [9.17, 15) is 0 Å². The molecule has 3 fully saturated rings. The van der Waals surface area contributed by atoms with Crippen molar-refractivity contribution in [2.75, 3.05) is 54.5 Å². The fraction of sp³-hybridized carbons (Fsp3) is 0.500. The number of likely N-dealkylation sites (tertiary alicyclic amines) is 1. The number of aromatic nitrogens is 5. The number of piperazine rings is 1. The number of thiazole rings is 1. The highest BCUT2D eigenvalue weighted by atomic mass is 32.1. The van der Waals surface area contributed by atoms with E-state index in [0.717, 1.165) is 89.3 Å². The van der Waals surface area contributed by atoms with E-state index >= 15 is 0 Å². The van der Waals surface area contributed by atoms with Crippen molar-refractivity contribution in [2.45, 2.75) is 52.2 Å². The molecule has 2 bridgehead atoms. The number of rotatable bonds is 7. The number of likely N-dealkylation sites (N-methyl/N-ethyl adjacent to an activating group) is 1. The molecule has 7 heterocycles. The van der Waals surface area contributed by atoms with E-state index in [-0.39, 0.29) is 0 Å². The van der Waals surface area contributed by atoms with Crippen LogP contribution < -0.4 is 15.1 Å². The summed E-state index contributed by atoms with van der Waals surface area (Å²) in [5.74, 6) is 3.75. The van der Waals surface area contributed by atoms with E-state index < -0.39 is 0 Å². The smallest absolute Gasteiger partial charge is 0.227 e. The number of aryl methyl sites for hydroxylation is 1. The molecule has 11 heteroatoms. The maximum atomic E-state index is 5.76. The number of fused-ring (bicyclic) bond motifs is 3. The maximum absolute atomic E-state index is 5.76. The van der Waals surface area contributed by atoms with Gasteiger partial charge in [-0.05, 0) is 37.9 Å². The van der Waals surface area contributed by atoms with E-state index in [1.807, 2.05) is 37.5 Å². The lowest BCUT2D eigenvalue weighted by molar-refractivity contribution is 0.0802. The third-order valence-electron chi connectivity index (χ3n) is 8.61. The van der Waals surface area contributed by atoms with Crippen molar-refractivity contribution in [3.63, 3.8) is 0 Å². The lowest BCUT2D eigenvalue weighted by atomic mass is 10.0. The van der Waals surface area contributed by atoms with Gasteiger partial charge in [0.15, 0.2) is 0 Å². The summed E-state index contributed by atoms with van der Waals surface area (Å²) in [6.45, 7) is 14.2. The molecule has 0 spiro atoms. The number of nitrogens with zero attached hydrogens (tertiary/aromatic N) is 8. The SMILES string of the molecule is CCN1C[C@@H]2C[C@H]1CN2c1nc(C)cc(Nc2cc3nc(-c4ccnc(N5CCOC[C@H]5C(C)C)c4)sc3cn2)n1. The molecule has 214 valence electrons. The Labute approximate surface area is 244 Å². The zero-order valence-corrected chi connectivity index (χ0v) is 24.9. The van der Waals surface area contributed by atoms with Crippen LogP contribution >= 0.6 is 11.3 Å². The van der Waals surface area contributed by atoms with Crippen LogP contribution in [-0.2, 0) is 4.74 Å². The Kier molecular flexibility index (Phi) is 6.96. The van der Waals surface area contributed by atoms with Gasteiger partial charge in [-0.15, -0.1) is 11.3 Å². The molecule has 0 saturated carbocycles. The minimum Gasteiger partial charge on any atom is -0.377 e. The molecule has 4 aromatic rings. The van der Waals surface area contributed by atoms with E-state index in [1.54, 1.807) is 11.3 Å². The first-order chi connectivity index (χ1) is 19.9. The quantitative estimate of drug-likeness (QED) is 0.335. The van der Waals surface area contributed by atoms with E-state index in [0.29, 0.717) is 24.0 Å². The number of hydrogen-bond acceptors (Lipinski definition) is 11. The van der Waals surface area contributed by atoms with Crippen molar-refractivity contribution in [1.29, 1.82) is 0 Å². The van der Waals surface area contributed by atoms with Gasteiger partial charge in [0.1, 0.15) is 22.5 Å². The van der Waals surface area contributed by atoms with Crippen molar-refractivity contribution in [3.8, 4) is 10.6 Å². The van der Waals surface area contributed by atoms with Gasteiger partial charge in [-0.2, -0.15) is 4.98 Å². The predicted octanol–water partition coefficient (Wildman–Crippen LogP) is 4.74. The fourth-order valence-electron chi connectivity index (χ4n) is 6.45. The first-order valence-corrected chi connectivity index (χ1v) is 15.5. The molecular formula is C30H37N9OS. The van der Waals surface area contributed by atoms with Crippen molar-refractivity contribution in [1.82, 2.24) is 29.8 Å². The molecule has 1 N–H and O–H groups in total. The standard InChI is InChI=1S/C30H37N9OS/c1-5-37-15-22-12-21(37)16-39(22)30-33-19(4)10-27(36-30)35-26-13-23-25(14-32-26)41-29(34-23)20-6-7-31-28(11-20)38-8-9-40-17-24(38)18(2)3/h6-7,10-11,13-14,18,21-22,24H,5,8-9,12,15-17H2,1-4H3,(H,32,33,35,36)/t21-,22-,24-/m0/s1. The van der Waals surface area contributed by atoms with E-state index in [1.165, 1.54) is 6.42 Å². The lowest BCUT2D eigenvalue weighted by Gasteiger charge is -2.38. The summed E-state index contributed by atoms with van der Waals surface area (Å²) >= 11 is 1.65. The average Bonchev–Trinajstić information content (AvgIpc) is 3.71. The number of pyridine rings is 2. The van der Waals surface area contributed by atoms with E-state index in [4.69, 9.17) is 24.7 Å². The Morgan fingerprint density at radius 3 is 2.76 bits per heavy atom. The Morgan fingerprint density at radius 1 is 1.05 bits per heavy atom. The van der Waals surface area contributed by atoms with Crippen molar-refractivity contribution < 1.29 is 4.74 Å². The van der Waals surface area contributed by atoms with Crippen LogP contribution in [0.3, 0.4) is 0 Å². The molecule has 3 saturated heterocycles. The van der Waals surface area contributed by atoms with Crippen LogP contribution in [0.2, 0.25) is 0 Å². The highest BCUT2D eigenvalue weighted by Gasteiger charge is 2.43. The third-order valence-corrected chi connectivity index (χ3v) is 9.67. The van der Waals surface area contributed by atoms with Gasteiger partial charge in [-0.25, -0.2) is 19.9 Å². The van der Waals surface area contributed by atoms with Crippen LogP contribution in [0.4, 0.5) is 23.4 Å². The normalized spacial score (nSPS) is 22.8. The lowest BCUT2D eigenvalue weighted by Crippen LogP contribution is -2.48. The fourth-order valence-corrected chi connectivity index (χ4v) is 7.36. The maximum Gasteiger partial charge on any atom is 0.227 e. The summed E-state index contributed by atoms with van der Waals surface area (Å²) in [7, 11) is 0. The van der Waals surface area contributed by atoms with Crippen molar-refractivity contribution in [3.05, 3.63) is 42.4 Å². The molecule has 3 aliphatic heterocycles. The van der Waals surface area contributed by atoms with Gasteiger partial charge in [0.2, 0.25) is 5.95 Å². The van der Waals surface area contributed by atoms with Gasteiger partial charge in [0.05, 0.1) is 29.5 Å². The largest absolute Gasteiger partial charge is 0.377 e. The topological polar surface area (TPSA) is 95.4 Å². The number of nitrogens with one attached hydrogen (secondary N) is 1. The first kappa shape index (κ1) is 26.5. The molecule has 3 atom stereocenters. The molecule has 10 nitrogen and oxygen atoms in total. The highest BCUT2D eigenvalue weighted by Crippen LogP contribution is 2.35. The number of hydrogen-bond donors (Lipinski definition) is 1. The second kappa shape index (κ2) is 10.8. The Balaban J connectivity index is 1.11. The number of morpholine rings is 1. The molecular weight excluding hydrogens is 534 g/mol. The van der Waals surface area contributed by atoms with Crippen LogP contribution in [0.25, 0.3) is 20.8 Å². The number of anilines is 4. The van der Waals surface area contributed by atoms with Crippen LogP contribution in [0.5, 0.6) is 0 Å². The number of ether oxygens (including phenoxy) is 1. The summed E-state index contributed by atoms with van der Waals surface area (Å²) in [5.41, 5.74) is 2.92. The minimum atomic E-state index is 0.317. The predicted molar refractivity (Wildman–Crippen MR) is 164 cm³/mol. The Morgan fingerprint density at radius 2 is 1.95 bits per heavy atom. The van der Waals surface area contributed by atoms with Crippen LogP contribution in [0.1, 0.15) is 32.9 Å². The van der Waals surface area contributed by atoms with Gasteiger partial charge < -0.3 is 19.9 Å². The summed E-state index contributed by atoms with van der Waals surface area (Å²) < 4.78 is 6.80. The third kappa shape index (κ3) is 5.11. The van der Waals surface area contributed by atoms with Gasteiger partial charge >= 0.3 is 0 Å². The molecule has 0 amide bonds. The second-order valence-electron chi connectivity index (χ2n) is 11.6. The molecule has 0 unspecified atom stereocenters. The molecule has 0 aliphatic carbocycles. The van der Waals surface area contributed by atoms with E-state index in [2.05, 4.69) is 51.8 Å². The summed E-state index contributed by atoms with van der Waals surface area (Å²) in [5, 5.41) is 4.38. The summed E-state index contributed by atoms with van der Waals surface area (Å²) in [4.78, 5) is 31.4. The molecule has 0 aromatic carbocycles. The summed E-state index contributed by atoms with van der Waals surface area (Å²) in [6, 6.07) is 9.58. The van der Waals surface area contributed by atoms with Crippen LogP contribution in [-0.4, -0.2) is 87.3 Å². The van der Waals surface area contributed by atoms with Crippen molar-refractivity contribution >= 4 is 45.0 Å². The molecule has 4 aromatic heterocycles. The van der Waals surface area contributed by atoms with Crippen LogP contribution in [0.15, 0.2) is 36.7 Å². The molecule has 0 radical (unpaired) electrons. The minimum absolute atomic E-state index is 0.317. The zero-order valence-electron chi connectivity index (χ0n) is 24.1. The van der Waals surface area contributed by atoms with Crippen molar-refractivity contribution in [2.24, 2.45) is 5.92 Å². The van der Waals surface area contributed by atoms with Gasteiger partial charge in [-0.3, -0.25) is 4.90 Å². The Bertz CT molecular complexity index is 1560. The van der Waals surface area contributed by atoms with Gasteiger partial charge in [0.25, 0.3) is 0 Å². The molecule has 3 aliphatic rings. The average molecular weight is 572 g/mol. The molecule has 7 rings (SSSR count). The van der Waals surface area contributed by atoms with Crippen LogP contribution in [0, 0.1) is 12.8 Å². The van der Waals surface area contributed by atoms with Gasteiger partial charge in [0, 0.05) is 67.5 Å². The monoisotopic (exact) mass is 571 g/mol. The Hall–Kier alpha value is -3.41. The second-order valence-corrected chi connectivity index (χ2v) is 12.7. The van der Waals surface area contributed by atoms with Gasteiger partial charge in [-0.1, -0.05) is 20.8 Å². The first-order valence-electron chi connectivity index (χ1n) is 14.7. The highest BCUT2D eigenvalue weighted by molar-refractivity contribution is 7.21.